The molecule has 92 valence electrons. The summed E-state index contributed by atoms with van der Waals surface area (Å²) in [6.07, 6.45) is 3.83. The van der Waals surface area contributed by atoms with Crippen LogP contribution in [0.4, 0.5) is 0 Å². The molecule has 0 heterocycles. The Balaban J connectivity index is 2.22. The van der Waals surface area contributed by atoms with Gasteiger partial charge in [0.2, 0.25) is 0 Å². The summed E-state index contributed by atoms with van der Waals surface area (Å²) in [6.45, 7) is 6.63. The highest BCUT2D eigenvalue weighted by Gasteiger charge is 2.62. The van der Waals surface area contributed by atoms with Crippen molar-refractivity contribution >= 4 is 11.6 Å². The second-order valence-electron chi connectivity index (χ2n) is 6.70. The van der Waals surface area contributed by atoms with E-state index in [9.17, 15) is 9.59 Å². The van der Waals surface area contributed by atoms with Crippen LogP contribution >= 0.6 is 0 Å². The molecule has 2 fully saturated rings. The Bertz CT molecular complexity index is 456. The molecule has 0 aromatic carbocycles. The maximum atomic E-state index is 12.3. The number of fused-ring (bicyclic) bond motifs is 1. The minimum Gasteiger partial charge on any atom is -0.300 e. The number of Topliss-reactive ketones (excluding diaryl/α,β-unsaturated/α-hetero) is 2. The molecule has 2 atom stereocenters. The summed E-state index contributed by atoms with van der Waals surface area (Å²) in [5.74, 6) is 0.969. The third-order valence-corrected chi connectivity index (χ3v) is 5.77. The molecule has 2 nitrogen and oxygen atoms in total. The van der Waals surface area contributed by atoms with Crippen molar-refractivity contribution in [2.75, 3.05) is 0 Å². The second kappa shape index (κ2) is 3.09. The molecule has 2 heteroatoms. The van der Waals surface area contributed by atoms with Crippen molar-refractivity contribution in [1.29, 1.82) is 0 Å². The lowest BCUT2D eigenvalue weighted by Crippen LogP contribution is -2.54. The van der Waals surface area contributed by atoms with Crippen LogP contribution < -0.4 is 0 Å². The molecule has 3 rings (SSSR count). The minimum absolute atomic E-state index is 0.113. The highest BCUT2D eigenvalue weighted by Crippen LogP contribution is 2.66. The van der Waals surface area contributed by atoms with E-state index >= 15 is 0 Å². The molecule has 2 bridgehead atoms. The van der Waals surface area contributed by atoms with Crippen LogP contribution in [0.25, 0.3) is 0 Å². The first kappa shape index (κ1) is 11.2. The predicted molar refractivity (Wildman–Crippen MR) is 65.5 cm³/mol. The van der Waals surface area contributed by atoms with E-state index in [1.807, 2.05) is 0 Å². The maximum absolute atomic E-state index is 12.3. The summed E-state index contributed by atoms with van der Waals surface area (Å²) in [5.41, 5.74) is 2.27. The van der Waals surface area contributed by atoms with Crippen molar-refractivity contribution in [2.24, 2.45) is 16.7 Å². The standard InChI is InChI=1S/C15H20O2/c1-9-4-5-15-8-11(16)6-10(14(15,2)3)7-12(17)13(9)15/h10H,4-8H2,1-3H3. The van der Waals surface area contributed by atoms with Crippen LogP contribution in [0.15, 0.2) is 11.1 Å². The van der Waals surface area contributed by atoms with Crippen LogP contribution in [-0.4, -0.2) is 11.6 Å². The summed E-state index contributed by atoms with van der Waals surface area (Å²) in [4.78, 5) is 24.3. The number of allylic oxidation sites excluding steroid dienone is 2. The van der Waals surface area contributed by atoms with E-state index in [1.54, 1.807) is 0 Å². The molecule has 17 heavy (non-hydrogen) atoms. The normalized spacial score (nSPS) is 39.6. The molecular formula is C15H20O2. The Morgan fingerprint density at radius 1 is 1.18 bits per heavy atom. The topological polar surface area (TPSA) is 34.1 Å². The lowest BCUT2D eigenvalue weighted by atomic mass is 9.46. The van der Waals surface area contributed by atoms with Gasteiger partial charge < -0.3 is 0 Å². The van der Waals surface area contributed by atoms with Crippen molar-refractivity contribution in [2.45, 2.75) is 52.9 Å². The quantitative estimate of drug-likeness (QED) is 0.643. The van der Waals surface area contributed by atoms with Gasteiger partial charge in [-0.3, -0.25) is 9.59 Å². The monoisotopic (exact) mass is 232 g/mol. The van der Waals surface area contributed by atoms with Gasteiger partial charge in [0.15, 0.2) is 5.78 Å². The summed E-state index contributed by atoms with van der Waals surface area (Å²) in [6, 6.07) is 0. The van der Waals surface area contributed by atoms with Gasteiger partial charge in [0.25, 0.3) is 0 Å². The van der Waals surface area contributed by atoms with Crippen molar-refractivity contribution < 1.29 is 9.59 Å². The van der Waals surface area contributed by atoms with E-state index in [0.29, 0.717) is 30.8 Å². The number of hydrogen-bond acceptors (Lipinski definition) is 2. The van der Waals surface area contributed by atoms with E-state index < -0.39 is 0 Å². The zero-order chi connectivity index (χ0) is 12.4. The summed E-state index contributed by atoms with van der Waals surface area (Å²) in [5, 5.41) is 0. The smallest absolute Gasteiger partial charge is 0.159 e. The van der Waals surface area contributed by atoms with Crippen LogP contribution in [0.1, 0.15) is 52.9 Å². The van der Waals surface area contributed by atoms with Crippen molar-refractivity contribution in [3.63, 3.8) is 0 Å². The molecule has 1 spiro atoms. The van der Waals surface area contributed by atoms with Crippen LogP contribution in [0.2, 0.25) is 0 Å². The molecule has 0 radical (unpaired) electrons. The average Bonchev–Trinajstić information content (AvgIpc) is 2.51. The van der Waals surface area contributed by atoms with Gasteiger partial charge in [-0.1, -0.05) is 19.4 Å². The van der Waals surface area contributed by atoms with Gasteiger partial charge in [-0.2, -0.15) is 0 Å². The summed E-state index contributed by atoms with van der Waals surface area (Å²) < 4.78 is 0. The zero-order valence-corrected chi connectivity index (χ0v) is 10.9. The molecule has 0 N–H and O–H groups in total. The molecule has 2 saturated carbocycles. The van der Waals surface area contributed by atoms with Crippen molar-refractivity contribution in [1.82, 2.24) is 0 Å². The first-order valence-corrected chi connectivity index (χ1v) is 6.63. The van der Waals surface area contributed by atoms with Gasteiger partial charge in [-0.25, -0.2) is 0 Å². The van der Waals surface area contributed by atoms with E-state index in [-0.39, 0.29) is 16.7 Å². The van der Waals surface area contributed by atoms with Crippen molar-refractivity contribution in [3.05, 3.63) is 11.1 Å². The average molecular weight is 232 g/mol. The third kappa shape index (κ3) is 1.16. The Kier molecular flexibility index (Phi) is 2.04. The van der Waals surface area contributed by atoms with Crippen molar-refractivity contribution in [3.8, 4) is 0 Å². The molecule has 3 aliphatic carbocycles. The highest BCUT2D eigenvalue weighted by atomic mass is 16.1. The Morgan fingerprint density at radius 3 is 2.59 bits per heavy atom. The molecule has 0 saturated heterocycles. The predicted octanol–water partition coefficient (Wildman–Crippen LogP) is 3.06. The summed E-state index contributed by atoms with van der Waals surface area (Å²) >= 11 is 0. The molecule has 0 aromatic heterocycles. The van der Waals surface area contributed by atoms with E-state index in [0.717, 1.165) is 18.4 Å². The molecule has 0 aromatic rings. The second-order valence-corrected chi connectivity index (χ2v) is 6.70. The molecule has 0 amide bonds. The fourth-order valence-electron chi connectivity index (χ4n) is 4.60. The number of carbonyl (C=O) groups is 2. The van der Waals surface area contributed by atoms with Crippen LogP contribution in [0.5, 0.6) is 0 Å². The van der Waals surface area contributed by atoms with Gasteiger partial charge in [0.1, 0.15) is 5.78 Å². The van der Waals surface area contributed by atoms with E-state index in [4.69, 9.17) is 0 Å². The molecule has 3 aliphatic rings. The summed E-state index contributed by atoms with van der Waals surface area (Å²) in [7, 11) is 0. The number of ketones is 2. The number of hydrogen-bond donors (Lipinski definition) is 0. The molecular weight excluding hydrogens is 212 g/mol. The Hall–Kier alpha value is -0.920. The highest BCUT2D eigenvalue weighted by molar-refractivity contribution is 6.02. The van der Waals surface area contributed by atoms with Crippen LogP contribution in [-0.2, 0) is 9.59 Å². The minimum atomic E-state index is -0.119. The Labute approximate surface area is 102 Å². The fourth-order valence-corrected chi connectivity index (χ4v) is 4.60. The first-order chi connectivity index (χ1) is 7.88. The van der Waals surface area contributed by atoms with Crippen LogP contribution in [0, 0.1) is 16.7 Å². The molecule has 0 aliphatic heterocycles. The first-order valence-electron chi connectivity index (χ1n) is 6.63. The van der Waals surface area contributed by atoms with Gasteiger partial charge in [0.05, 0.1) is 0 Å². The number of rotatable bonds is 0. The lowest BCUT2D eigenvalue weighted by Gasteiger charge is -2.56. The Morgan fingerprint density at radius 2 is 1.88 bits per heavy atom. The largest absolute Gasteiger partial charge is 0.300 e. The van der Waals surface area contributed by atoms with E-state index in [2.05, 4.69) is 20.8 Å². The van der Waals surface area contributed by atoms with Crippen LogP contribution in [0.3, 0.4) is 0 Å². The van der Waals surface area contributed by atoms with E-state index in [1.165, 1.54) is 5.57 Å². The van der Waals surface area contributed by atoms with Gasteiger partial charge in [0, 0.05) is 30.3 Å². The van der Waals surface area contributed by atoms with Gasteiger partial charge in [-0.15, -0.1) is 0 Å². The fraction of sp³-hybridized carbons (Fsp3) is 0.733. The van der Waals surface area contributed by atoms with Gasteiger partial charge >= 0.3 is 0 Å². The number of carbonyl (C=O) groups excluding carboxylic acids is 2. The zero-order valence-electron chi connectivity index (χ0n) is 10.9. The third-order valence-electron chi connectivity index (χ3n) is 5.77. The molecule has 2 unspecified atom stereocenters. The maximum Gasteiger partial charge on any atom is 0.159 e. The lowest BCUT2D eigenvalue weighted by molar-refractivity contribution is -0.141. The van der Waals surface area contributed by atoms with Gasteiger partial charge in [-0.05, 0) is 31.1 Å². The SMILES string of the molecule is CC1=C2C(=O)CC3CC(=O)CC2(CC1)C3(C)C.